The normalized spacial score (nSPS) is 20.1. The van der Waals surface area contributed by atoms with E-state index in [0.29, 0.717) is 10.1 Å². The Morgan fingerprint density at radius 3 is 2.75 bits per heavy atom. The van der Waals surface area contributed by atoms with Gasteiger partial charge in [0.15, 0.2) is 0 Å². The van der Waals surface area contributed by atoms with Crippen molar-refractivity contribution in [3.05, 3.63) is 34.4 Å². The lowest BCUT2D eigenvalue weighted by Gasteiger charge is -2.09. The highest BCUT2D eigenvalue weighted by Gasteiger charge is 2.16. The van der Waals surface area contributed by atoms with Crippen LogP contribution in [0.2, 0.25) is 0 Å². The summed E-state index contributed by atoms with van der Waals surface area (Å²) >= 11 is 3.03. The molecule has 0 saturated carbocycles. The molecule has 1 atom stereocenters. The molecular formula is C9H5BrO2. The number of carbonyl (C=O) groups excluding carboxylic acids is 2. The summed E-state index contributed by atoms with van der Waals surface area (Å²) in [7, 11) is 0. The summed E-state index contributed by atoms with van der Waals surface area (Å²) in [6.07, 6.45) is 6.84. The van der Waals surface area contributed by atoms with Crippen molar-refractivity contribution in [2.45, 2.75) is 0 Å². The van der Waals surface area contributed by atoms with Crippen LogP contribution in [-0.4, -0.2) is 11.9 Å². The molecule has 0 saturated heterocycles. The fraction of sp³-hybridized carbons (Fsp3) is 0.111. The zero-order chi connectivity index (χ0) is 8.97. The maximum absolute atomic E-state index is 10.4. The average molecular weight is 225 g/mol. The summed E-state index contributed by atoms with van der Waals surface area (Å²) in [5, 5.41) is 0. The SMILES string of the molecule is O=C=C(Br)C1C=CC=CC1=C=O. The van der Waals surface area contributed by atoms with Crippen LogP contribution >= 0.6 is 15.9 Å². The Labute approximate surface area is 78.1 Å². The van der Waals surface area contributed by atoms with Gasteiger partial charge in [-0.3, -0.25) is 0 Å². The van der Waals surface area contributed by atoms with Gasteiger partial charge >= 0.3 is 0 Å². The van der Waals surface area contributed by atoms with Crippen molar-refractivity contribution in [1.82, 2.24) is 0 Å². The molecule has 60 valence electrons. The molecule has 0 aromatic heterocycles. The molecule has 0 aliphatic heterocycles. The highest BCUT2D eigenvalue weighted by Crippen LogP contribution is 2.26. The predicted molar refractivity (Wildman–Crippen MR) is 49.1 cm³/mol. The molecule has 3 heteroatoms. The van der Waals surface area contributed by atoms with Crippen molar-refractivity contribution in [1.29, 1.82) is 0 Å². The fourth-order valence-electron chi connectivity index (χ4n) is 0.924. The van der Waals surface area contributed by atoms with Crippen molar-refractivity contribution >= 4 is 27.8 Å². The molecule has 0 aromatic rings. The van der Waals surface area contributed by atoms with Gasteiger partial charge in [-0.05, 0) is 22.0 Å². The summed E-state index contributed by atoms with van der Waals surface area (Å²) in [6.45, 7) is 0. The maximum Gasteiger partial charge on any atom is 0.136 e. The van der Waals surface area contributed by atoms with E-state index in [1.165, 1.54) is 0 Å². The molecule has 1 aliphatic carbocycles. The minimum absolute atomic E-state index is 0.315. The predicted octanol–water partition coefficient (Wildman–Crippen LogP) is 1.60. The van der Waals surface area contributed by atoms with Crippen LogP contribution in [-0.2, 0) is 9.59 Å². The number of hydrogen-bond donors (Lipinski definition) is 0. The van der Waals surface area contributed by atoms with Crippen LogP contribution in [0, 0.1) is 5.92 Å². The van der Waals surface area contributed by atoms with E-state index in [1.54, 1.807) is 36.2 Å². The molecule has 1 rings (SSSR count). The summed E-state index contributed by atoms with van der Waals surface area (Å²) in [5.74, 6) is 3.15. The standard InChI is InChI=1S/C9H5BrO2/c10-9(6-12)8-4-2-1-3-7(8)5-11/h1-4,8H. The van der Waals surface area contributed by atoms with Crippen molar-refractivity contribution < 1.29 is 9.59 Å². The largest absolute Gasteiger partial charge is 0.233 e. The van der Waals surface area contributed by atoms with Crippen LogP contribution in [0.5, 0.6) is 0 Å². The number of hydrogen-bond acceptors (Lipinski definition) is 2. The van der Waals surface area contributed by atoms with Gasteiger partial charge in [-0.2, -0.15) is 0 Å². The first-order chi connectivity index (χ1) is 5.79. The van der Waals surface area contributed by atoms with E-state index in [2.05, 4.69) is 15.9 Å². The van der Waals surface area contributed by atoms with Crippen LogP contribution in [0.25, 0.3) is 0 Å². The highest BCUT2D eigenvalue weighted by atomic mass is 79.9. The van der Waals surface area contributed by atoms with Gasteiger partial charge in [-0.15, -0.1) is 0 Å². The van der Waals surface area contributed by atoms with Crippen LogP contribution in [0.4, 0.5) is 0 Å². The maximum atomic E-state index is 10.4. The van der Waals surface area contributed by atoms with E-state index in [4.69, 9.17) is 0 Å². The quantitative estimate of drug-likeness (QED) is 0.635. The molecular weight excluding hydrogens is 220 g/mol. The Kier molecular flexibility index (Phi) is 3.01. The summed E-state index contributed by atoms with van der Waals surface area (Å²) < 4.78 is 0.321. The molecule has 12 heavy (non-hydrogen) atoms. The summed E-state index contributed by atoms with van der Waals surface area (Å²) in [4.78, 5) is 20.6. The van der Waals surface area contributed by atoms with Crippen LogP contribution in [0.1, 0.15) is 0 Å². The second-order valence-electron chi connectivity index (χ2n) is 2.23. The summed E-state index contributed by atoms with van der Waals surface area (Å²) in [5.41, 5.74) is 0.438. The van der Waals surface area contributed by atoms with Crippen LogP contribution < -0.4 is 0 Å². The molecule has 0 amide bonds. The molecule has 0 bridgehead atoms. The van der Waals surface area contributed by atoms with Gasteiger partial charge in [-0.1, -0.05) is 18.2 Å². The highest BCUT2D eigenvalue weighted by molar-refractivity contribution is 9.12. The Hall–Kier alpha value is -1.14. The Balaban J connectivity index is 3.07. The molecule has 0 fully saturated rings. The number of rotatable bonds is 1. The van der Waals surface area contributed by atoms with E-state index >= 15 is 0 Å². The molecule has 1 unspecified atom stereocenters. The zero-order valence-electron chi connectivity index (χ0n) is 6.08. The molecule has 0 N–H and O–H groups in total. The average Bonchev–Trinajstić information content (AvgIpc) is 2.16. The Morgan fingerprint density at radius 1 is 1.42 bits per heavy atom. The van der Waals surface area contributed by atoms with Crippen molar-refractivity contribution in [2.75, 3.05) is 0 Å². The minimum Gasteiger partial charge on any atom is -0.233 e. The van der Waals surface area contributed by atoms with Gasteiger partial charge in [0.2, 0.25) is 0 Å². The van der Waals surface area contributed by atoms with Crippen molar-refractivity contribution in [2.24, 2.45) is 5.92 Å². The number of halogens is 1. The Bertz CT molecular complexity index is 340. The number of allylic oxidation sites excluding steroid dienone is 6. The zero-order valence-corrected chi connectivity index (χ0v) is 7.67. The van der Waals surface area contributed by atoms with Gasteiger partial charge in [-0.25, -0.2) is 9.59 Å². The minimum atomic E-state index is -0.315. The molecule has 0 radical (unpaired) electrons. The van der Waals surface area contributed by atoms with E-state index in [0.717, 1.165) is 0 Å². The molecule has 0 heterocycles. The molecule has 1 aliphatic rings. The second kappa shape index (κ2) is 4.03. The van der Waals surface area contributed by atoms with Gasteiger partial charge in [0.25, 0.3) is 0 Å². The van der Waals surface area contributed by atoms with Crippen LogP contribution in [0.3, 0.4) is 0 Å². The van der Waals surface area contributed by atoms with Crippen LogP contribution in [0.15, 0.2) is 34.4 Å². The molecule has 2 nitrogen and oxygen atoms in total. The summed E-state index contributed by atoms with van der Waals surface area (Å²) in [6, 6.07) is 0. The monoisotopic (exact) mass is 224 g/mol. The van der Waals surface area contributed by atoms with E-state index < -0.39 is 0 Å². The van der Waals surface area contributed by atoms with Gasteiger partial charge < -0.3 is 0 Å². The van der Waals surface area contributed by atoms with Gasteiger partial charge in [0.05, 0.1) is 10.4 Å². The third kappa shape index (κ3) is 1.72. The second-order valence-corrected chi connectivity index (χ2v) is 3.08. The van der Waals surface area contributed by atoms with Gasteiger partial charge in [0, 0.05) is 5.57 Å². The van der Waals surface area contributed by atoms with E-state index in [9.17, 15) is 9.59 Å². The van der Waals surface area contributed by atoms with E-state index in [1.807, 2.05) is 0 Å². The molecule has 0 aromatic carbocycles. The first-order valence-corrected chi connectivity index (χ1v) is 4.09. The lowest BCUT2D eigenvalue weighted by Crippen LogP contribution is -2.02. The fourth-order valence-corrected chi connectivity index (χ4v) is 1.32. The first-order valence-electron chi connectivity index (χ1n) is 3.30. The first kappa shape index (κ1) is 8.95. The van der Waals surface area contributed by atoms with Gasteiger partial charge in [0.1, 0.15) is 11.9 Å². The lowest BCUT2D eigenvalue weighted by atomic mass is 9.96. The van der Waals surface area contributed by atoms with Crippen molar-refractivity contribution in [3.8, 4) is 0 Å². The smallest absolute Gasteiger partial charge is 0.136 e. The molecule has 0 spiro atoms. The third-order valence-corrected chi connectivity index (χ3v) is 2.17. The van der Waals surface area contributed by atoms with E-state index in [-0.39, 0.29) is 5.92 Å². The topological polar surface area (TPSA) is 34.1 Å². The third-order valence-electron chi connectivity index (χ3n) is 1.51. The lowest BCUT2D eigenvalue weighted by molar-refractivity contribution is 0.565. The van der Waals surface area contributed by atoms with Crippen molar-refractivity contribution in [3.63, 3.8) is 0 Å². The Morgan fingerprint density at radius 2 is 2.17 bits per heavy atom.